The molecule has 116 valence electrons. The Morgan fingerprint density at radius 1 is 1.30 bits per heavy atom. The van der Waals surface area contributed by atoms with Gasteiger partial charge in [-0.15, -0.1) is 0 Å². The van der Waals surface area contributed by atoms with Crippen LogP contribution in [0.5, 0.6) is 0 Å². The van der Waals surface area contributed by atoms with Crippen LogP contribution in [0.3, 0.4) is 0 Å². The van der Waals surface area contributed by atoms with E-state index >= 15 is 0 Å². The number of anilines is 1. The number of carbonyl (C=O) groups is 1. The van der Waals surface area contributed by atoms with Crippen molar-refractivity contribution in [3.8, 4) is 11.4 Å². The van der Waals surface area contributed by atoms with Crippen molar-refractivity contribution < 1.29 is 4.79 Å². The number of benzene rings is 1. The molecule has 0 spiro atoms. The highest BCUT2D eigenvalue weighted by atomic mass is 35.5. The van der Waals surface area contributed by atoms with Crippen LogP contribution in [0.25, 0.3) is 11.4 Å². The lowest BCUT2D eigenvalue weighted by atomic mass is 10.1. The summed E-state index contributed by atoms with van der Waals surface area (Å²) in [5.41, 5.74) is 3.35. The van der Waals surface area contributed by atoms with Crippen LogP contribution < -0.4 is 5.32 Å². The van der Waals surface area contributed by atoms with E-state index in [0.717, 1.165) is 22.5 Å². The highest BCUT2D eigenvalue weighted by Gasteiger charge is 2.09. The number of imidazole rings is 1. The number of halogens is 1. The summed E-state index contributed by atoms with van der Waals surface area (Å²) in [7, 11) is 0. The van der Waals surface area contributed by atoms with Gasteiger partial charge in [0.15, 0.2) is 0 Å². The molecule has 5 nitrogen and oxygen atoms in total. The molecule has 0 aliphatic rings. The molecule has 0 unspecified atom stereocenters. The zero-order valence-corrected chi connectivity index (χ0v) is 13.3. The van der Waals surface area contributed by atoms with E-state index in [1.54, 1.807) is 30.9 Å². The third-order valence-corrected chi connectivity index (χ3v) is 3.63. The van der Waals surface area contributed by atoms with E-state index in [2.05, 4.69) is 20.3 Å². The average molecular weight is 327 g/mol. The maximum Gasteiger partial charge on any atom is 0.228 e. The van der Waals surface area contributed by atoms with Gasteiger partial charge in [-0.05, 0) is 42.3 Å². The van der Waals surface area contributed by atoms with Gasteiger partial charge in [-0.1, -0.05) is 11.6 Å². The van der Waals surface area contributed by atoms with Gasteiger partial charge >= 0.3 is 0 Å². The van der Waals surface area contributed by atoms with Crippen LogP contribution in [0.1, 0.15) is 11.1 Å². The van der Waals surface area contributed by atoms with Crippen molar-refractivity contribution in [1.82, 2.24) is 15.0 Å². The Labute approximate surface area is 138 Å². The van der Waals surface area contributed by atoms with Crippen molar-refractivity contribution in [2.24, 2.45) is 0 Å². The monoisotopic (exact) mass is 326 g/mol. The number of pyridine rings is 1. The number of aromatic nitrogens is 3. The number of aromatic amines is 1. The molecule has 0 bridgehead atoms. The zero-order valence-electron chi connectivity index (χ0n) is 12.5. The van der Waals surface area contributed by atoms with E-state index in [1.165, 1.54) is 0 Å². The molecular formula is C17H15ClN4O. The second-order valence-electron chi connectivity index (χ2n) is 5.20. The Balaban J connectivity index is 1.77. The first-order chi connectivity index (χ1) is 11.1. The largest absolute Gasteiger partial charge is 0.345 e. The number of nitrogens with zero attached hydrogens (tertiary/aromatic N) is 2. The fraction of sp³-hybridized carbons (Fsp3) is 0.118. The van der Waals surface area contributed by atoms with Crippen LogP contribution >= 0.6 is 11.6 Å². The van der Waals surface area contributed by atoms with Crippen LogP contribution in [-0.2, 0) is 11.2 Å². The minimum atomic E-state index is -0.117. The standard InChI is InChI=1S/C17H15ClN4O/c1-11-2-3-19-10-15(11)22-16(23)8-12-6-13(9-14(18)7-12)17-20-4-5-21-17/h2-7,9-10H,8H2,1H3,(H,20,21)(H,22,23). The van der Waals surface area contributed by atoms with Gasteiger partial charge in [-0.2, -0.15) is 0 Å². The first-order valence-corrected chi connectivity index (χ1v) is 7.49. The van der Waals surface area contributed by atoms with Crippen LogP contribution in [0, 0.1) is 6.92 Å². The maximum absolute atomic E-state index is 12.2. The molecule has 0 radical (unpaired) electrons. The number of nitrogens with one attached hydrogen (secondary N) is 2. The third-order valence-electron chi connectivity index (χ3n) is 3.41. The number of aryl methyl sites for hydroxylation is 1. The van der Waals surface area contributed by atoms with Crippen molar-refractivity contribution in [3.05, 3.63) is 65.2 Å². The van der Waals surface area contributed by atoms with E-state index in [4.69, 9.17) is 11.6 Å². The second kappa shape index (κ2) is 6.62. The molecule has 0 atom stereocenters. The summed E-state index contributed by atoms with van der Waals surface area (Å²) < 4.78 is 0. The molecule has 0 fully saturated rings. The molecule has 3 rings (SSSR count). The molecule has 1 amide bonds. The normalized spacial score (nSPS) is 10.5. The summed E-state index contributed by atoms with van der Waals surface area (Å²) in [6, 6.07) is 7.35. The molecule has 1 aromatic carbocycles. The fourth-order valence-corrected chi connectivity index (χ4v) is 2.54. The highest BCUT2D eigenvalue weighted by Crippen LogP contribution is 2.23. The van der Waals surface area contributed by atoms with Gasteiger partial charge in [-0.3, -0.25) is 9.78 Å². The minimum Gasteiger partial charge on any atom is -0.345 e. The molecule has 2 aromatic heterocycles. The number of carbonyl (C=O) groups excluding carboxylic acids is 1. The van der Waals surface area contributed by atoms with Crippen molar-refractivity contribution in [2.45, 2.75) is 13.3 Å². The van der Waals surface area contributed by atoms with Crippen LogP contribution in [0.4, 0.5) is 5.69 Å². The molecule has 6 heteroatoms. The lowest BCUT2D eigenvalue weighted by Crippen LogP contribution is -2.15. The average Bonchev–Trinajstić information content (AvgIpc) is 3.03. The number of amides is 1. The summed E-state index contributed by atoms with van der Waals surface area (Å²) in [6.45, 7) is 1.92. The van der Waals surface area contributed by atoms with E-state index in [9.17, 15) is 4.79 Å². The smallest absolute Gasteiger partial charge is 0.228 e. The highest BCUT2D eigenvalue weighted by molar-refractivity contribution is 6.31. The molecule has 2 heterocycles. The lowest BCUT2D eigenvalue weighted by molar-refractivity contribution is -0.115. The minimum absolute atomic E-state index is 0.117. The van der Waals surface area contributed by atoms with Gasteiger partial charge in [0.1, 0.15) is 5.82 Å². The van der Waals surface area contributed by atoms with Gasteiger partial charge < -0.3 is 10.3 Å². The van der Waals surface area contributed by atoms with Gasteiger partial charge in [0.25, 0.3) is 0 Å². The summed E-state index contributed by atoms with van der Waals surface area (Å²) in [5.74, 6) is 0.603. The molecule has 0 aliphatic carbocycles. The first kappa shape index (κ1) is 15.2. The summed E-state index contributed by atoms with van der Waals surface area (Å²) in [4.78, 5) is 23.5. The molecule has 0 saturated heterocycles. The van der Waals surface area contributed by atoms with Crippen molar-refractivity contribution in [2.75, 3.05) is 5.32 Å². The molecule has 2 N–H and O–H groups in total. The van der Waals surface area contributed by atoms with E-state index < -0.39 is 0 Å². The molecule has 0 saturated carbocycles. The zero-order chi connectivity index (χ0) is 16.2. The van der Waals surface area contributed by atoms with Crippen molar-refractivity contribution >= 4 is 23.2 Å². The molecular weight excluding hydrogens is 312 g/mol. The Kier molecular flexibility index (Phi) is 4.39. The second-order valence-corrected chi connectivity index (χ2v) is 5.64. The number of rotatable bonds is 4. The Morgan fingerprint density at radius 2 is 2.17 bits per heavy atom. The van der Waals surface area contributed by atoms with Gasteiger partial charge in [0, 0.05) is 29.2 Å². The van der Waals surface area contributed by atoms with E-state index in [1.807, 2.05) is 25.1 Å². The maximum atomic E-state index is 12.2. The van der Waals surface area contributed by atoms with Crippen LogP contribution in [-0.4, -0.2) is 20.9 Å². The Hall–Kier alpha value is -2.66. The summed E-state index contributed by atoms with van der Waals surface area (Å²) in [5, 5.41) is 3.43. The summed E-state index contributed by atoms with van der Waals surface area (Å²) >= 11 is 6.15. The fourth-order valence-electron chi connectivity index (χ4n) is 2.29. The van der Waals surface area contributed by atoms with Crippen LogP contribution in [0.15, 0.2) is 49.1 Å². The topological polar surface area (TPSA) is 70.7 Å². The molecule has 3 aromatic rings. The predicted molar refractivity (Wildman–Crippen MR) is 90.3 cm³/mol. The third kappa shape index (κ3) is 3.76. The van der Waals surface area contributed by atoms with Gasteiger partial charge in [0.05, 0.1) is 18.3 Å². The van der Waals surface area contributed by atoms with Crippen molar-refractivity contribution in [1.29, 1.82) is 0 Å². The molecule has 23 heavy (non-hydrogen) atoms. The van der Waals surface area contributed by atoms with Crippen LogP contribution in [0.2, 0.25) is 5.02 Å². The number of hydrogen-bond donors (Lipinski definition) is 2. The summed E-state index contributed by atoms with van der Waals surface area (Å²) in [6.07, 6.45) is 6.97. The Bertz CT molecular complexity index is 830. The van der Waals surface area contributed by atoms with Gasteiger partial charge in [0.2, 0.25) is 5.91 Å². The van der Waals surface area contributed by atoms with E-state index in [0.29, 0.717) is 10.7 Å². The van der Waals surface area contributed by atoms with Gasteiger partial charge in [-0.25, -0.2) is 4.98 Å². The molecule has 0 aliphatic heterocycles. The van der Waals surface area contributed by atoms with Crippen molar-refractivity contribution in [3.63, 3.8) is 0 Å². The number of hydrogen-bond acceptors (Lipinski definition) is 3. The quantitative estimate of drug-likeness (QED) is 0.769. The first-order valence-electron chi connectivity index (χ1n) is 7.11. The predicted octanol–water partition coefficient (Wildman–Crippen LogP) is 3.61. The SMILES string of the molecule is Cc1ccncc1NC(=O)Cc1cc(Cl)cc(-c2ncc[nH]2)c1. The number of H-pyrrole nitrogens is 1. The lowest BCUT2D eigenvalue weighted by Gasteiger charge is -2.09. The van der Waals surface area contributed by atoms with E-state index in [-0.39, 0.29) is 12.3 Å². The Morgan fingerprint density at radius 3 is 2.91 bits per heavy atom.